The van der Waals surface area contributed by atoms with Crippen LogP contribution >= 0.6 is 23.1 Å². The van der Waals surface area contributed by atoms with Crippen LogP contribution in [0.2, 0.25) is 0 Å². The second kappa shape index (κ2) is 7.06. The Bertz CT molecular complexity index is 423. The highest BCUT2D eigenvalue weighted by Gasteiger charge is 2.22. The lowest BCUT2D eigenvalue weighted by Gasteiger charge is -2.11. The molecule has 0 bridgehead atoms. The zero-order chi connectivity index (χ0) is 13.7. The summed E-state index contributed by atoms with van der Waals surface area (Å²) < 4.78 is 5.78. The Hall–Kier alpha value is -0.860. The topological polar surface area (TPSA) is 76.1 Å². The van der Waals surface area contributed by atoms with Gasteiger partial charge in [-0.2, -0.15) is 0 Å². The number of hydrogen-bond donors (Lipinski definition) is 2. The SMILES string of the molecule is COCC(C)NC(=O)CSc1nnc(NC2CC2)s1. The predicted molar refractivity (Wildman–Crippen MR) is 76.8 cm³/mol. The van der Waals surface area contributed by atoms with Crippen molar-refractivity contribution >= 4 is 34.1 Å². The predicted octanol–water partition coefficient (Wildman–Crippen LogP) is 1.36. The van der Waals surface area contributed by atoms with Crippen molar-refractivity contribution in [2.75, 3.05) is 24.8 Å². The summed E-state index contributed by atoms with van der Waals surface area (Å²) >= 11 is 2.91. The summed E-state index contributed by atoms with van der Waals surface area (Å²) in [7, 11) is 1.62. The summed E-state index contributed by atoms with van der Waals surface area (Å²) in [6.07, 6.45) is 2.42. The number of carbonyl (C=O) groups is 1. The fourth-order valence-corrected chi connectivity index (χ4v) is 3.10. The van der Waals surface area contributed by atoms with Gasteiger partial charge in [-0.15, -0.1) is 10.2 Å². The van der Waals surface area contributed by atoms with Gasteiger partial charge in [0.05, 0.1) is 12.4 Å². The number of ether oxygens (including phenoxy) is 1. The second-order valence-corrected chi connectivity index (χ2v) is 6.70. The highest BCUT2D eigenvalue weighted by Crippen LogP contribution is 2.29. The number of nitrogens with one attached hydrogen (secondary N) is 2. The quantitative estimate of drug-likeness (QED) is 0.706. The molecule has 0 radical (unpaired) electrons. The summed E-state index contributed by atoms with van der Waals surface area (Å²) in [5, 5.41) is 15.1. The van der Waals surface area contributed by atoms with E-state index >= 15 is 0 Å². The molecule has 1 unspecified atom stereocenters. The Kier molecular flexibility index (Phi) is 5.41. The van der Waals surface area contributed by atoms with Crippen molar-refractivity contribution in [3.8, 4) is 0 Å². The maximum Gasteiger partial charge on any atom is 0.230 e. The minimum absolute atomic E-state index is 0.0125. The Morgan fingerprint density at radius 1 is 1.58 bits per heavy atom. The monoisotopic (exact) mass is 302 g/mol. The number of thioether (sulfide) groups is 1. The van der Waals surface area contributed by atoms with E-state index in [1.165, 1.54) is 35.9 Å². The number of aromatic nitrogens is 2. The summed E-state index contributed by atoms with van der Waals surface area (Å²) in [6, 6.07) is 0.601. The smallest absolute Gasteiger partial charge is 0.230 e. The molecule has 2 N–H and O–H groups in total. The molecule has 1 atom stereocenters. The maximum atomic E-state index is 11.6. The molecule has 8 heteroatoms. The number of rotatable bonds is 8. The van der Waals surface area contributed by atoms with Crippen molar-refractivity contribution in [3.05, 3.63) is 0 Å². The van der Waals surface area contributed by atoms with Gasteiger partial charge in [0.1, 0.15) is 0 Å². The molecular weight excluding hydrogens is 284 g/mol. The molecule has 6 nitrogen and oxygen atoms in total. The van der Waals surface area contributed by atoms with Crippen LogP contribution in [0.25, 0.3) is 0 Å². The van der Waals surface area contributed by atoms with E-state index in [9.17, 15) is 4.79 Å². The number of amides is 1. The minimum atomic E-state index is -0.0125. The number of nitrogens with zero attached hydrogens (tertiary/aromatic N) is 2. The van der Waals surface area contributed by atoms with Gasteiger partial charge >= 0.3 is 0 Å². The molecular formula is C11H18N4O2S2. The Balaban J connectivity index is 1.68. The van der Waals surface area contributed by atoms with Gasteiger partial charge in [0.2, 0.25) is 11.0 Å². The van der Waals surface area contributed by atoms with Crippen LogP contribution in [0.1, 0.15) is 19.8 Å². The van der Waals surface area contributed by atoms with Crippen LogP contribution in [-0.2, 0) is 9.53 Å². The second-order valence-electron chi connectivity index (χ2n) is 4.50. The van der Waals surface area contributed by atoms with Gasteiger partial charge < -0.3 is 15.4 Å². The lowest BCUT2D eigenvalue weighted by Crippen LogP contribution is -2.36. The van der Waals surface area contributed by atoms with Crippen molar-refractivity contribution < 1.29 is 9.53 Å². The number of methoxy groups -OCH3 is 1. The number of carbonyl (C=O) groups excluding carboxylic acids is 1. The van der Waals surface area contributed by atoms with Crippen molar-refractivity contribution in [2.24, 2.45) is 0 Å². The van der Waals surface area contributed by atoms with Crippen LogP contribution in [0.4, 0.5) is 5.13 Å². The zero-order valence-corrected chi connectivity index (χ0v) is 12.6. The molecule has 2 rings (SSSR count). The van der Waals surface area contributed by atoms with Crippen LogP contribution in [-0.4, -0.2) is 47.7 Å². The normalized spacial score (nSPS) is 16.1. The fourth-order valence-electron chi connectivity index (χ4n) is 1.46. The van der Waals surface area contributed by atoms with Crippen LogP contribution in [0.15, 0.2) is 4.34 Å². The van der Waals surface area contributed by atoms with Crippen molar-refractivity contribution in [1.82, 2.24) is 15.5 Å². The summed E-state index contributed by atoms with van der Waals surface area (Å²) in [6.45, 7) is 2.43. The van der Waals surface area contributed by atoms with Gasteiger partial charge in [-0.05, 0) is 19.8 Å². The molecule has 0 aromatic carbocycles. The average molecular weight is 302 g/mol. The van der Waals surface area contributed by atoms with Gasteiger partial charge in [-0.1, -0.05) is 23.1 Å². The molecule has 1 saturated carbocycles. The van der Waals surface area contributed by atoms with Crippen molar-refractivity contribution in [3.63, 3.8) is 0 Å². The summed E-state index contributed by atoms with van der Waals surface area (Å²) in [5.41, 5.74) is 0. The van der Waals surface area contributed by atoms with Crippen LogP contribution in [0, 0.1) is 0 Å². The van der Waals surface area contributed by atoms with Crippen molar-refractivity contribution in [1.29, 1.82) is 0 Å². The van der Waals surface area contributed by atoms with Crippen molar-refractivity contribution in [2.45, 2.75) is 36.2 Å². The lowest BCUT2D eigenvalue weighted by atomic mass is 10.3. The van der Waals surface area contributed by atoms with E-state index in [0.717, 1.165) is 9.47 Å². The third kappa shape index (κ3) is 5.33. The molecule has 1 aliphatic rings. The summed E-state index contributed by atoms with van der Waals surface area (Å²) in [4.78, 5) is 11.6. The third-order valence-corrected chi connectivity index (χ3v) is 4.45. The highest BCUT2D eigenvalue weighted by molar-refractivity contribution is 8.01. The van der Waals surface area contributed by atoms with E-state index in [0.29, 0.717) is 18.4 Å². The molecule has 19 heavy (non-hydrogen) atoms. The first-order valence-electron chi connectivity index (χ1n) is 6.18. The fraction of sp³-hybridized carbons (Fsp3) is 0.727. The zero-order valence-electron chi connectivity index (χ0n) is 11.0. The van der Waals surface area contributed by atoms with Gasteiger partial charge in [-0.25, -0.2) is 0 Å². The highest BCUT2D eigenvalue weighted by atomic mass is 32.2. The molecule has 1 heterocycles. The van der Waals surface area contributed by atoms with E-state index in [1.807, 2.05) is 6.92 Å². The molecule has 0 aliphatic heterocycles. The molecule has 1 fully saturated rings. The van der Waals surface area contributed by atoms with E-state index in [1.54, 1.807) is 7.11 Å². The van der Waals surface area contributed by atoms with Crippen LogP contribution in [0.5, 0.6) is 0 Å². The van der Waals surface area contributed by atoms with E-state index in [4.69, 9.17) is 4.74 Å². The Labute approximate surface area is 120 Å². The molecule has 1 amide bonds. The number of anilines is 1. The number of hydrogen-bond acceptors (Lipinski definition) is 7. The Morgan fingerprint density at radius 2 is 2.37 bits per heavy atom. The molecule has 0 spiro atoms. The largest absolute Gasteiger partial charge is 0.383 e. The molecule has 1 aromatic rings. The van der Waals surface area contributed by atoms with E-state index < -0.39 is 0 Å². The first-order chi connectivity index (χ1) is 9.17. The van der Waals surface area contributed by atoms with Crippen LogP contribution < -0.4 is 10.6 Å². The van der Waals surface area contributed by atoms with Crippen LogP contribution in [0.3, 0.4) is 0 Å². The van der Waals surface area contributed by atoms with E-state index in [2.05, 4.69) is 20.8 Å². The average Bonchev–Trinajstić information content (AvgIpc) is 3.04. The molecule has 1 aliphatic carbocycles. The van der Waals surface area contributed by atoms with Gasteiger partial charge in [-0.3, -0.25) is 4.79 Å². The van der Waals surface area contributed by atoms with Gasteiger partial charge in [0.25, 0.3) is 0 Å². The molecule has 106 valence electrons. The lowest BCUT2D eigenvalue weighted by molar-refractivity contribution is -0.119. The standard InChI is InChI=1S/C11H18N4O2S2/c1-7(5-17-2)12-9(16)6-18-11-15-14-10(19-11)13-8-3-4-8/h7-8H,3-6H2,1-2H3,(H,12,16)(H,13,14). The van der Waals surface area contributed by atoms with Gasteiger partial charge in [0, 0.05) is 19.2 Å². The van der Waals surface area contributed by atoms with E-state index in [-0.39, 0.29) is 11.9 Å². The summed E-state index contributed by atoms with van der Waals surface area (Å²) in [5.74, 6) is 0.341. The minimum Gasteiger partial charge on any atom is -0.383 e. The first kappa shape index (κ1) is 14.5. The molecule has 1 aromatic heterocycles. The molecule has 0 saturated heterocycles. The third-order valence-electron chi connectivity index (χ3n) is 2.46. The Morgan fingerprint density at radius 3 is 3.05 bits per heavy atom. The maximum absolute atomic E-state index is 11.6. The first-order valence-corrected chi connectivity index (χ1v) is 7.98. The van der Waals surface area contributed by atoms with Gasteiger partial charge in [0.15, 0.2) is 4.34 Å².